The van der Waals surface area contributed by atoms with Gasteiger partial charge in [0.25, 0.3) is 0 Å². The van der Waals surface area contributed by atoms with Crippen LogP contribution < -0.4 is 0 Å². The van der Waals surface area contributed by atoms with Gasteiger partial charge >= 0.3 is 39.5 Å². The molecule has 594 valence electrons. The lowest BCUT2D eigenvalue weighted by atomic mass is 10.0. The van der Waals surface area contributed by atoms with E-state index >= 15 is 0 Å². The highest BCUT2D eigenvalue weighted by molar-refractivity contribution is 7.47. The van der Waals surface area contributed by atoms with Gasteiger partial charge in [-0.15, -0.1) is 0 Å². The summed E-state index contributed by atoms with van der Waals surface area (Å²) in [5, 5.41) is 10.6. The predicted octanol–water partition coefficient (Wildman–Crippen LogP) is 24.0. The van der Waals surface area contributed by atoms with Gasteiger partial charge < -0.3 is 33.8 Å². The molecule has 0 saturated heterocycles. The molecule has 5 atom stereocenters. The molecule has 0 aliphatic carbocycles. The molecule has 0 heterocycles. The second-order valence-corrected chi connectivity index (χ2v) is 34.0. The topological polar surface area (TPSA) is 237 Å². The Bertz CT molecular complexity index is 1950. The van der Waals surface area contributed by atoms with Gasteiger partial charge in [-0.25, -0.2) is 9.13 Å². The average molecular weight is 1470 g/mol. The summed E-state index contributed by atoms with van der Waals surface area (Å²) >= 11 is 0. The second kappa shape index (κ2) is 70.1. The Hall–Kier alpha value is -1.94. The number of aliphatic hydroxyl groups excluding tert-OH is 1. The minimum Gasteiger partial charge on any atom is -0.462 e. The molecule has 0 aromatic carbocycles. The van der Waals surface area contributed by atoms with Crippen molar-refractivity contribution >= 4 is 39.5 Å². The number of hydrogen-bond acceptors (Lipinski definition) is 15. The Kier molecular flexibility index (Phi) is 68.7. The first kappa shape index (κ1) is 98.1. The third kappa shape index (κ3) is 74.3. The number of rotatable bonds is 78. The molecule has 0 aromatic heterocycles. The van der Waals surface area contributed by atoms with E-state index in [1.807, 2.05) is 0 Å². The largest absolute Gasteiger partial charge is 0.472 e. The Morgan fingerprint density at radius 2 is 0.420 bits per heavy atom. The van der Waals surface area contributed by atoms with Crippen molar-refractivity contribution in [1.82, 2.24) is 0 Å². The van der Waals surface area contributed by atoms with Gasteiger partial charge in [-0.3, -0.25) is 37.3 Å². The van der Waals surface area contributed by atoms with E-state index in [1.54, 1.807) is 0 Å². The van der Waals surface area contributed by atoms with Gasteiger partial charge in [0.05, 0.1) is 26.4 Å². The van der Waals surface area contributed by atoms with Gasteiger partial charge in [0.2, 0.25) is 0 Å². The van der Waals surface area contributed by atoms with Crippen LogP contribution in [0.15, 0.2) is 0 Å². The first-order chi connectivity index (χ1) is 48.1. The van der Waals surface area contributed by atoms with Gasteiger partial charge in [0.1, 0.15) is 19.3 Å². The van der Waals surface area contributed by atoms with E-state index in [1.165, 1.54) is 212 Å². The van der Waals surface area contributed by atoms with Crippen LogP contribution in [0.4, 0.5) is 0 Å². The maximum absolute atomic E-state index is 13.1. The fourth-order valence-corrected chi connectivity index (χ4v) is 14.0. The quantitative estimate of drug-likeness (QED) is 0.0222. The van der Waals surface area contributed by atoms with Crippen LogP contribution in [0.1, 0.15) is 415 Å². The zero-order valence-electron chi connectivity index (χ0n) is 65.8. The van der Waals surface area contributed by atoms with E-state index in [9.17, 15) is 43.2 Å². The second-order valence-electron chi connectivity index (χ2n) is 31.1. The first-order valence-electron chi connectivity index (χ1n) is 41.7. The zero-order valence-corrected chi connectivity index (χ0v) is 67.6. The van der Waals surface area contributed by atoms with Crippen molar-refractivity contribution in [1.29, 1.82) is 0 Å². The van der Waals surface area contributed by atoms with Crippen LogP contribution in [0.25, 0.3) is 0 Å². The van der Waals surface area contributed by atoms with Crippen molar-refractivity contribution in [2.45, 2.75) is 433 Å². The molecule has 0 amide bonds. The molecule has 0 aliphatic heterocycles. The summed E-state index contributed by atoms with van der Waals surface area (Å²) < 4.78 is 68.7. The van der Waals surface area contributed by atoms with Crippen molar-refractivity contribution in [3.8, 4) is 0 Å². The Morgan fingerprint density at radius 1 is 0.250 bits per heavy atom. The SMILES string of the molecule is CC(C)CCCCCCCCCCCCCCCCCC(=O)OC[C@H](COP(=O)(O)OCC(O)COP(=O)(O)OC[C@@H](COC(=O)CCCCCCCCCC(C)C)OC(=O)CCCCCCCCCCCCCCC(C)C)OC(=O)CCCCCCCCCCCCCCCCC(C)C. The third-order valence-electron chi connectivity index (χ3n) is 18.8. The Balaban J connectivity index is 5.25. The normalized spacial score (nSPS) is 14.0. The van der Waals surface area contributed by atoms with Crippen LogP contribution >= 0.6 is 15.6 Å². The maximum atomic E-state index is 13.1. The number of carbonyl (C=O) groups excluding carboxylic acids is 4. The fraction of sp³-hybridized carbons (Fsp3) is 0.951. The van der Waals surface area contributed by atoms with Gasteiger partial charge in [-0.05, 0) is 49.4 Å². The standard InChI is InChI=1S/C81H158O17P2/c1-71(2)57-49-41-33-26-20-14-10-9-11-16-23-29-37-45-53-61-78(83)91-67-76(97-80(85)63-55-47-38-30-24-17-13-12-15-21-27-34-42-50-58-72(3)4)69-95-99(87,88)93-65-75(82)66-94-100(89,90)96-70-77(68-92-79(84)62-54-46-40-32-36-44-52-60-74(7)8)98-81(86)64-56-48-39-31-25-19-18-22-28-35-43-51-59-73(5)6/h71-77,82H,9-70H2,1-8H3,(H,87,88)(H,89,90)/t75?,76-,77-/m1/s1. The van der Waals surface area contributed by atoms with Crippen LogP contribution in [0.3, 0.4) is 0 Å². The van der Waals surface area contributed by atoms with Crippen molar-refractivity contribution in [3.63, 3.8) is 0 Å². The van der Waals surface area contributed by atoms with Crippen LogP contribution in [0.2, 0.25) is 0 Å². The van der Waals surface area contributed by atoms with E-state index in [2.05, 4.69) is 55.4 Å². The summed E-state index contributed by atoms with van der Waals surface area (Å²) in [5.41, 5.74) is 0. The molecular formula is C81H158O17P2. The molecule has 0 saturated carbocycles. The average Bonchev–Trinajstić information content (AvgIpc) is 0.950. The van der Waals surface area contributed by atoms with E-state index in [0.29, 0.717) is 31.6 Å². The number of hydrogen-bond donors (Lipinski definition) is 3. The summed E-state index contributed by atoms with van der Waals surface area (Å²) in [4.78, 5) is 73.0. The molecule has 0 fully saturated rings. The van der Waals surface area contributed by atoms with Crippen LogP contribution in [0, 0.1) is 23.7 Å². The van der Waals surface area contributed by atoms with Gasteiger partial charge in [0, 0.05) is 25.7 Å². The van der Waals surface area contributed by atoms with Crippen molar-refractivity contribution in [2.24, 2.45) is 23.7 Å². The number of carbonyl (C=O) groups is 4. The molecule has 100 heavy (non-hydrogen) atoms. The number of unbranched alkanes of at least 4 members (excludes halogenated alkanes) is 44. The molecule has 0 rings (SSSR count). The number of aliphatic hydroxyl groups is 1. The van der Waals surface area contributed by atoms with E-state index < -0.39 is 97.5 Å². The highest BCUT2D eigenvalue weighted by Crippen LogP contribution is 2.45. The van der Waals surface area contributed by atoms with Crippen LogP contribution in [-0.4, -0.2) is 96.7 Å². The number of ether oxygens (including phenoxy) is 4. The van der Waals surface area contributed by atoms with Gasteiger partial charge in [-0.1, -0.05) is 364 Å². The summed E-state index contributed by atoms with van der Waals surface area (Å²) in [6.07, 6.45) is 56.9. The molecule has 0 aliphatic rings. The Morgan fingerprint density at radius 3 is 0.620 bits per heavy atom. The molecule has 0 radical (unpaired) electrons. The minimum absolute atomic E-state index is 0.106. The zero-order chi connectivity index (χ0) is 73.8. The van der Waals surface area contributed by atoms with Gasteiger partial charge in [0.15, 0.2) is 12.2 Å². The van der Waals surface area contributed by atoms with Crippen LogP contribution in [0.5, 0.6) is 0 Å². The molecule has 0 spiro atoms. The van der Waals surface area contributed by atoms with Crippen molar-refractivity contribution in [3.05, 3.63) is 0 Å². The van der Waals surface area contributed by atoms with Crippen molar-refractivity contribution < 1.29 is 80.2 Å². The maximum Gasteiger partial charge on any atom is 0.472 e. The number of phosphoric ester groups is 2. The summed E-state index contributed by atoms with van der Waals surface area (Å²) in [6.45, 7) is 14.2. The molecular weight excluding hydrogens is 1310 g/mol. The number of esters is 4. The fourth-order valence-electron chi connectivity index (χ4n) is 12.4. The lowest BCUT2D eigenvalue weighted by Crippen LogP contribution is -2.30. The molecule has 3 unspecified atom stereocenters. The third-order valence-corrected chi connectivity index (χ3v) is 20.7. The molecule has 3 N–H and O–H groups in total. The Labute approximate surface area is 613 Å². The highest BCUT2D eigenvalue weighted by atomic mass is 31.2. The predicted molar refractivity (Wildman–Crippen MR) is 409 cm³/mol. The van der Waals surface area contributed by atoms with Crippen LogP contribution in [-0.2, 0) is 65.4 Å². The smallest absolute Gasteiger partial charge is 0.462 e. The van der Waals surface area contributed by atoms with Crippen molar-refractivity contribution in [2.75, 3.05) is 39.6 Å². The molecule has 0 aromatic rings. The number of phosphoric acid groups is 2. The molecule has 17 nitrogen and oxygen atoms in total. The summed E-state index contributed by atoms with van der Waals surface area (Å²) in [5.74, 6) is 0.969. The monoisotopic (exact) mass is 1470 g/mol. The van der Waals surface area contributed by atoms with E-state index in [-0.39, 0.29) is 25.7 Å². The molecule has 0 bridgehead atoms. The van der Waals surface area contributed by atoms with Gasteiger partial charge in [-0.2, -0.15) is 0 Å². The lowest BCUT2D eigenvalue weighted by Gasteiger charge is -2.21. The summed E-state index contributed by atoms with van der Waals surface area (Å²) in [7, 11) is -9.92. The molecule has 19 heteroatoms. The first-order valence-corrected chi connectivity index (χ1v) is 44.7. The van der Waals surface area contributed by atoms with E-state index in [4.69, 9.17) is 37.0 Å². The lowest BCUT2D eigenvalue weighted by molar-refractivity contribution is -0.161. The summed E-state index contributed by atoms with van der Waals surface area (Å²) in [6, 6.07) is 0. The highest BCUT2D eigenvalue weighted by Gasteiger charge is 2.30. The van der Waals surface area contributed by atoms with E-state index in [0.717, 1.165) is 114 Å². The minimum atomic E-state index is -4.96.